The van der Waals surface area contributed by atoms with E-state index < -0.39 is 0 Å². The molecule has 1 atom stereocenters. The van der Waals surface area contributed by atoms with Crippen molar-refractivity contribution in [2.45, 2.75) is 13.0 Å². The Labute approximate surface area is 83.1 Å². The Morgan fingerprint density at radius 2 is 2.07 bits per heavy atom. The molecule has 2 N–H and O–H groups in total. The lowest BCUT2D eigenvalue weighted by Crippen LogP contribution is -2.32. The van der Waals surface area contributed by atoms with Gasteiger partial charge < -0.3 is 5.11 Å². The molecule has 0 aliphatic carbocycles. The molecule has 0 heterocycles. The molecule has 0 spiro atoms. The second kappa shape index (κ2) is 4.39. The van der Waals surface area contributed by atoms with Gasteiger partial charge in [0.25, 0.3) is 0 Å². The maximum atomic E-state index is 12.9. The molecule has 0 amide bonds. The maximum Gasteiger partial charge on any atom is 0.123 e. The Kier molecular flexibility index (Phi) is 3.43. The van der Waals surface area contributed by atoms with Gasteiger partial charge >= 0.3 is 0 Å². The molecule has 0 saturated heterocycles. The molecular formula is C10H15FN2O. The average Bonchev–Trinajstić information content (AvgIpc) is 2.08. The molecular weight excluding hydrogens is 183 g/mol. The zero-order chi connectivity index (χ0) is 10.7. The fraction of sp³-hybridized carbons (Fsp3) is 0.400. The van der Waals surface area contributed by atoms with E-state index in [1.54, 1.807) is 5.01 Å². The largest absolute Gasteiger partial charge is 0.508 e. The molecule has 0 fully saturated rings. The minimum absolute atomic E-state index is 0.105. The minimum Gasteiger partial charge on any atom is -0.508 e. The van der Waals surface area contributed by atoms with Crippen molar-refractivity contribution in [3.8, 4) is 5.75 Å². The van der Waals surface area contributed by atoms with E-state index in [4.69, 9.17) is 0 Å². The van der Waals surface area contributed by atoms with Crippen LogP contribution in [0.2, 0.25) is 0 Å². The highest BCUT2D eigenvalue weighted by atomic mass is 19.1. The average molecular weight is 198 g/mol. The first-order valence-electron chi connectivity index (χ1n) is 4.42. The van der Waals surface area contributed by atoms with E-state index in [-0.39, 0.29) is 17.6 Å². The lowest BCUT2D eigenvalue weighted by atomic mass is 10.1. The van der Waals surface area contributed by atoms with Gasteiger partial charge in [0.15, 0.2) is 0 Å². The van der Waals surface area contributed by atoms with Crippen LogP contribution in [0.3, 0.4) is 0 Å². The van der Waals surface area contributed by atoms with Gasteiger partial charge in [0.05, 0.1) is 0 Å². The van der Waals surface area contributed by atoms with Crippen LogP contribution in [0.1, 0.15) is 18.5 Å². The monoisotopic (exact) mass is 198 g/mol. The van der Waals surface area contributed by atoms with Crippen molar-refractivity contribution in [3.05, 3.63) is 29.6 Å². The lowest BCUT2D eigenvalue weighted by Gasteiger charge is -2.20. The number of phenols is 1. The third kappa shape index (κ3) is 2.68. The topological polar surface area (TPSA) is 35.5 Å². The van der Waals surface area contributed by atoms with Crippen molar-refractivity contribution in [1.29, 1.82) is 0 Å². The first-order chi connectivity index (χ1) is 6.50. The van der Waals surface area contributed by atoms with Crippen LogP contribution >= 0.6 is 0 Å². The first-order valence-corrected chi connectivity index (χ1v) is 4.42. The van der Waals surface area contributed by atoms with Gasteiger partial charge in [0.1, 0.15) is 11.6 Å². The molecule has 0 aromatic heterocycles. The van der Waals surface area contributed by atoms with Crippen molar-refractivity contribution < 1.29 is 9.50 Å². The van der Waals surface area contributed by atoms with Gasteiger partial charge in [-0.05, 0) is 25.1 Å². The number of benzene rings is 1. The number of nitrogens with zero attached hydrogens (tertiary/aromatic N) is 1. The molecule has 1 unspecified atom stereocenters. The van der Waals surface area contributed by atoms with E-state index in [9.17, 15) is 9.50 Å². The van der Waals surface area contributed by atoms with Crippen LogP contribution in [0.5, 0.6) is 5.75 Å². The normalized spacial score (nSPS) is 13.2. The predicted octanol–water partition coefficient (Wildman–Crippen LogP) is 1.66. The summed E-state index contributed by atoms with van der Waals surface area (Å²) in [6.07, 6.45) is 0. The van der Waals surface area contributed by atoms with Crippen molar-refractivity contribution in [2.75, 3.05) is 14.1 Å². The zero-order valence-corrected chi connectivity index (χ0v) is 8.58. The van der Waals surface area contributed by atoms with Crippen molar-refractivity contribution in [3.63, 3.8) is 0 Å². The Morgan fingerprint density at radius 3 is 2.64 bits per heavy atom. The summed E-state index contributed by atoms with van der Waals surface area (Å²) in [5.41, 5.74) is 3.59. The number of aromatic hydroxyl groups is 1. The van der Waals surface area contributed by atoms with Crippen LogP contribution in [0.15, 0.2) is 18.2 Å². The smallest absolute Gasteiger partial charge is 0.123 e. The number of rotatable bonds is 3. The van der Waals surface area contributed by atoms with E-state index in [1.165, 1.54) is 18.2 Å². The summed E-state index contributed by atoms with van der Waals surface area (Å²) in [5.74, 6) is -0.238. The highest BCUT2D eigenvalue weighted by Gasteiger charge is 2.11. The molecule has 14 heavy (non-hydrogen) atoms. The van der Waals surface area contributed by atoms with Gasteiger partial charge in [-0.3, -0.25) is 5.01 Å². The number of hydrogen-bond acceptors (Lipinski definition) is 3. The summed E-state index contributed by atoms with van der Waals surface area (Å²) in [6.45, 7) is 1.86. The van der Waals surface area contributed by atoms with Gasteiger partial charge in [-0.1, -0.05) is 0 Å². The van der Waals surface area contributed by atoms with Gasteiger partial charge in [0, 0.05) is 25.7 Å². The van der Waals surface area contributed by atoms with Crippen LogP contribution in [0.4, 0.5) is 4.39 Å². The third-order valence-electron chi connectivity index (χ3n) is 1.91. The molecule has 4 heteroatoms. The van der Waals surface area contributed by atoms with Crippen molar-refractivity contribution in [2.24, 2.45) is 0 Å². The van der Waals surface area contributed by atoms with Crippen LogP contribution in [0, 0.1) is 5.82 Å². The van der Waals surface area contributed by atoms with E-state index >= 15 is 0 Å². The molecule has 0 bridgehead atoms. The highest BCUT2D eigenvalue weighted by Crippen LogP contribution is 2.24. The van der Waals surface area contributed by atoms with Crippen LogP contribution in [-0.2, 0) is 0 Å². The van der Waals surface area contributed by atoms with Crippen molar-refractivity contribution in [1.82, 2.24) is 10.4 Å². The highest BCUT2D eigenvalue weighted by molar-refractivity contribution is 5.34. The molecule has 1 rings (SSSR count). The Hall–Kier alpha value is -1.13. The minimum atomic E-state index is -0.342. The molecule has 78 valence electrons. The number of halogens is 1. The fourth-order valence-electron chi connectivity index (χ4n) is 1.33. The summed E-state index contributed by atoms with van der Waals surface area (Å²) in [5, 5.41) is 11.3. The summed E-state index contributed by atoms with van der Waals surface area (Å²) in [6, 6.07) is 3.80. The third-order valence-corrected chi connectivity index (χ3v) is 1.91. The molecule has 3 nitrogen and oxygen atoms in total. The van der Waals surface area contributed by atoms with Crippen LogP contribution in [-0.4, -0.2) is 24.2 Å². The van der Waals surface area contributed by atoms with E-state index in [0.29, 0.717) is 5.56 Å². The quantitative estimate of drug-likeness (QED) is 0.725. The Morgan fingerprint density at radius 1 is 1.43 bits per heavy atom. The number of hydrazine groups is 1. The second-order valence-electron chi connectivity index (χ2n) is 3.45. The van der Waals surface area contributed by atoms with E-state index in [0.717, 1.165) is 0 Å². The summed E-state index contributed by atoms with van der Waals surface area (Å²) in [7, 11) is 3.68. The SMILES string of the molecule is CC(NN(C)C)c1cc(F)ccc1O. The summed E-state index contributed by atoms with van der Waals surface area (Å²) in [4.78, 5) is 0. The first kappa shape index (κ1) is 10.9. The molecule has 0 saturated carbocycles. The van der Waals surface area contributed by atoms with Crippen LogP contribution in [0.25, 0.3) is 0 Å². The Bertz CT molecular complexity index is 315. The van der Waals surface area contributed by atoms with Gasteiger partial charge in [-0.25, -0.2) is 9.82 Å². The van der Waals surface area contributed by atoms with Crippen LogP contribution < -0.4 is 5.43 Å². The van der Waals surface area contributed by atoms with E-state index in [1.807, 2.05) is 21.0 Å². The molecule has 0 aliphatic rings. The number of phenolic OH excluding ortho intramolecular Hbond substituents is 1. The molecule has 0 aliphatic heterocycles. The zero-order valence-electron chi connectivity index (χ0n) is 8.58. The van der Waals surface area contributed by atoms with Gasteiger partial charge in [-0.15, -0.1) is 0 Å². The van der Waals surface area contributed by atoms with Crippen molar-refractivity contribution >= 4 is 0 Å². The molecule has 1 aromatic rings. The Balaban J connectivity index is 2.88. The number of nitrogens with one attached hydrogen (secondary N) is 1. The summed E-state index contributed by atoms with van der Waals surface area (Å²) < 4.78 is 12.9. The maximum absolute atomic E-state index is 12.9. The fourth-order valence-corrected chi connectivity index (χ4v) is 1.33. The van der Waals surface area contributed by atoms with Gasteiger partial charge in [-0.2, -0.15) is 0 Å². The molecule has 1 aromatic carbocycles. The van der Waals surface area contributed by atoms with Gasteiger partial charge in [0.2, 0.25) is 0 Å². The summed E-state index contributed by atoms with van der Waals surface area (Å²) >= 11 is 0. The van der Waals surface area contributed by atoms with E-state index in [2.05, 4.69) is 5.43 Å². The second-order valence-corrected chi connectivity index (χ2v) is 3.45. The molecule has 0 radical (unpaired) electrons. The predicted molar refractivity (Wildman–Crippen MR) is 53.3 cm³/mol. The lowest BCUT2D eigenvalue weighted by molar-refractivity contribution is 0.249. The number of hydrogen-bond donors (Lipinski definition) is 2. The standard InChI is InChI=1S/C10H15FN2O/c1-7(12-13(2)3)9-6-8(11)4-5-10(9)14/h4-7,12,14H,1-3H3.